The first-order chi connectivity index (χ1) is 20.1. The van der Waals surface area contributed by atoms with Crippen molar-refractivity contribution in [1.29, 1.82) is 0 Å². The second-order valence-corrected chi connectivity index (χ2v) is 10.9. The van der Waals surface area contributed by atoms with Crippen molar-refractivity contribution < 1.29 is 28.5 Å². The van der Waals surface area contributed by atoms with Crippen molar-refractivity contribution in [3.63, 3.8) is 0 Å². The van der Waals surface area contributed by atoms with Crippen LogP contribution in [0.2, 0.25) is 20.1 Å². The zero-order chi connectivity index (χ0) is 31.0. The van der Waals surface area contributed by atoms with E-state index in [4.69, 9.17) is 65.4 Å². The predicted molar refractivity (Wildman–Crippen MR) is 168 cm³/mol. The number of carbonyl (C=O) groups is 2. The number of hydrogen-bond donors (Lipinski definition) is 0. The Morgan fingerprint density at radius 3 is 1.57 bits per heavy atom. The molecule has 2 atom stereocenters. The van der Waals surface area contributed by atoms with Gasteiger partial charge in [-0.2, -0.15) is 0 Å². The highest BCUT2D eigenvalue weighted by molar-refractivity contribution is 6.37. The van der Waals surface area contributed by atoms with E-state index in [9.17, 15) is 9.59 Å². The van der Waals surface area contributed by atoms with E-state index in [-0.39, 0.29) is 42.7 Å². The van der Waals surface area contributed by atoms with Gasteiger partial charge in [0.25, 0.3) is 0 Å². The molecule has 0 amide bonds. The standard InChI is InChI=1S/C31H33Cl4NO6/c1-6-10-18-11-9-12-19(17-18)36(24(7-2)41-30(37)26-20(32)13-15-22(34)28(26)39-4)25(8-3)42-31(38)27-21(33)14-16-23(35)29(27)40-5/h9,11-17,24-25H,6-8,10H2,1-5H3. The molecule has 0 aliphatic carbocycles. The fourth-order valence-corrected chi connectivity index (χ4v) is 5.48. The van der Waals surface area contributed by atoms with Gasteiger partial charge in [-0.05, 0) is 48.4 Å². The first kappa shape index (κ1) is 33.7. The average Bonchev–Trinajstić information content (AvgIpc) is 2.98. The van der Waals surface area contributed by atoms with Crippen LogP contribution in [0.25, 0.3) is 0 Å². The minimum Gasteiger partial charge on any atom is -0.494 e. The summed E-state index contributed by atoms with van der Waals surface area (Å²) in [5.74, 6) is -1.30. The molecule has 0 N–H and O–H groups in total. The lowest BCUT2D eigenvalue weighted by molar-refractivity contribution is -0.000495. The third kappa shape index (κ3) is 7.56. The molecule has 0 aliphatic rings. The molecule has 3 aromatic carbocycles. The first-order valence-corrected chi connectivity index (χ1v) is 15.0. The molecule has 0 aliphatic heterocycles. The maximum absolute atomic E-state index is 13.6. The number of halogens is 4. The second kappa shape index (κ2) is 15.6. The lowest BCUT2D eigenvalue weighted by Crippen LogP contribution is -2.47. The van der Waals surface area contributed by atoms with Crippen LogP contribution in [0.1, 0.15) is 66.3 Å². The zero-order valence-corrected chi connectivity index (χ0v) is 27.0. The Hall–Kier alpha value is -2.84. The molecule has 0 spiro atoms. The molecule has 0 saturated carbocycles. The molecule has 0 aromatic heterocycles. The number of methoxy groups -OCH3 is 2. The Balaban J connectivity index is 2.08. The van der Waals surface area contributed by atoms with Crippen LogP contribution in [0.4, 0.5) is 5.69 Å². The molecular formula is C31H33Cl4NO6. The highest BCUT2D eigenvalue weighted by Gasteiger charge is 2.34. The summed E-state index contributed by atoms with van der Waals surface area (Å²) in [6.07, 6.45) is 0.660. The summed E-state index contributed by atoms with van der Waals surface area (Å²) < 4.78 is 22.8. The summed E-state index contributed by atoms with van der Waals surface area (Å²) in [5.41, 5.74) is 1.74. The largest absolute Gasteiger partial charge is 0.494 e. The van der Waals surface area contributed by atoms with E-state index >= 15 is 0 Å². The van der Waals surface area contributed by atoms with Crippen LogP contribution in [0, 0.1) is 0 Å². The quantitative estimate of drug-likeness (QED) is 0.134. The van der Waals surface area contributed by atoms with Gasteiger partial charge in [0.05, 0.1) is 34.3 Å². The highest BCUT2D eigenvalue weighted by Crippen LogP contribution is 2.37. The Labute approximate surface area is 266 Å². The normalized spacial score (nSPS) is 12.3. The molecule has 0 heterocycles. The van der Waals surface area contributed by atoms with E-state index in [2.05, 4.69) is 6.92 Å². The molecule has 226 valence electrons. The van der Waals surface area contributed by atoms with Crippen LogP contribution >= 0.6 is 46.4 Å². The van der Waals surface area contributed by atoms with Gasteiger partial charge in [-0.25, -0.2) is 9.59 Å². The van der Waals surface area contributed by atoms with Gasteiger partial charge in [-0.15, -0.1) is 0 Å². The number of ether oxygens (including phenoxy) is 4. The summed E-state index contributed by atoms with van der Waals surface area (Å²) in [6.45, 7) is 5.79. The minimum atomic E-state index is -0.886. The number of rotatable bonds is 13. The Bertz CT molecular complexity index is 1330. The van der Waals surface area contributed by atoms with Crippen molar-refractivity contribution in [2.75, 3.05) is 19.1 Å². The molecule has 11 heteroatoms. The van der Waals surface area contributed by atoms with E-state index in [1.54, 1.807) is 4.90 Å². The van der Waals surface area contributed by atoms with Crippen LogP contribution < -0.4 is 14.4 Å². The summed E-state index contributed by atoms with van der Waals surface area (Å²) in [6, 6.07) is 13.8. The number of carbonyl (C=O) groups excluding carboxylic acids is 2. The number of anilines is 1. The molecule has 7 nitrogen and oxygen atoms in total. The number of hydrogen-bond acceptors (Lipinski definition) is 7. The Morgan fingerprint density at radius 1 is 0.714 bits per heavy atom. The van der Waals surface area contributed by atoms with E-state index in [0.29, 0.717) is 18.5 Å². The summed E-state index contributed by atoms with van der Waals surface area (Å²) in [5, 5.41) is 0.653. The van der Waals surface area contributed by atoms with E-state index < -0.39 is 24.4 Å². The number of nitrogens with zero attached hydrogens (tertiary/aromatic N) is 1. The molecule has 42 heavy (non-hydrogen) atoms. The molecule has 2 unspecified atom stereocenters. The van der Waals surface area contributed by atoms with Crippen LogP contribution in [-0.2, 0) is 15.9 Å². The van der Waals surface area contributed by atoms with E-state index in [1.807, 2.05) is 38.1 Å². The smallest absolute Gasteiger partial charge is 0.345 e. The van der Waals surface area contributed by atoms with Crippen molar-refractivity contribution in [2.24, 2.45) is 0 Å². The number of benzene rings is 3. The average molecular weight is 657 g/mol. The minimum absolute atomic E-state index is 0.00899. The van der Waals surface area contributed by atoms with Crippen molar-refractivity contribution in [3.8, 4) is 11.5 Å². The third-order valence-corrected chi connectivity index (χ3v) is 7.71. The summed E-state index contributed by atoms with van der Waals surface area (Å²) in [7, 11) is 2.78. The molecule has 0 fully saturated rings. The molecular weight excluding hydrogens is 624 g/mol. The number of aryl methyl sites for hydroxylation is 1. The lowest BCUT2D eigenvalue weighted by Gasteiger charge is -2.38. The van der Waals surface area contributed by atoms with Gasteiger partial charge in [0.15, 0.2) is 24.0 Å². The zero-order valence-electron chi connectivity index (χ0n) is 24.0. The van der Waals surface area contributed by atoms with Crippen LogP contribution in [0.15, 0.2) is 48.5 Å². The van der Waals surface area contributed by atoms with Crippen molar-refractivity contribution in [1.82, 2.24) is 0 Å². The molecule has 0 bridgehead atoms. The third-order valence-electron chi connectivity index (χ3n) is 6.49. The summed E-state index contributed by atoms with van der Waals surface area (Å²) in [4.78, 5) is 28.9. The van der Waals surface area contributed by atoms with Gasteiger partial charge >= 0.3 is 11.9 Å². The van der Waals surface area contributed by atoms with E-state index in [1.165, 1.54) is 38.5 Å². The van der Waals surface area contributed by atoms with Crippen molar-refractivity contribution >= 4 is 64.0 Å². The molecule has 3 rings (SSSR count). The second-order valence-electron chi connectivity index (χ2n) is 9.24. The summed E-state index contributed by atoms with van der Waals surface area (Å²) >= 11 is 25.3. The molecule has 0 radical (unpaired) electrons. The number of esters is 2. The highest BCUT2D eigenvalue weighted by atomic mass is 35.5. The van der Waals surface area contributed by atoms with Crippen LogP contribution in [0.3, 0.4) is 0 Å². The van der Waals surface area contributed by atoms with Gasteiger partial charge in [0.1, 0.15) is 11.1 Å². The van der Waals surface area contributed by atoms with Crippen LogP contribution in [0.5, 0.6) is 11.5 Å². The van der Waals surface area contributed by atoms with Crippen molar-refractivity contribution in [3.05, 3.63) is 85.3 Å². The van der Waals surface area contributed by atoms with Gasteiger partial charge < -0.3 is 23.8 Å². The molecule has 0 saturated heterocycles. The van der Waals surface area contributed by atoms with Gasteiger partial charge in [0, 0.05) is 18.5 Å². The fourth-order valence-electron chi connectivity index (χ4n) is 4.56. The van der Waals surface area contributed by atoms with Crippen molar-refractivity contribution in [2.45, 2.75) is 58.9 Å². The monoisotopic (exact) mass is 655 g/mol. The Morgan fingerprint density at radius 2 is 1.17 bits per heavy atom. The van der Waals surface area contributed by atoms with E-state index in [0.717, 1.165) is 18.4 Å². The van der Waals surface area contributed by atoms with Gasteiger partial charge in [-0.1, -0.05) is 85.7 Å². The first-order valence-electron chi connectivity index (χ1n) is 13.4. The van der Waals surface area contributed by atoms with Crippen LogP contribution in [-0.4, -0.2) is 38.6 Å². The topological polar surface area (TPSA) is 74.3 Å². The van der Waals surface area contributed by atoms with Gasteiger partial charge in [0.2, 0.25) is 0 Å². The SMILES string of the molecule is CCCc1cccc(N(C(CC)OC(=O)c2c(Cl)ccc(Cl)c2OC)C(CC)OC(=O)c2c(Cl)ccc(Cl)c2OC)c1. The maximum atomic E-state index is 13.6. The Kier molecular flexibility index (Phi) is 12.5. The maximum Gasteiger partial charge on any atom is 0.345 e. The lowest BCUT2D eigenvalue weighted by atomic mass is 10.1. The predicted octanol–water partition coefficient (Wildman–Crippen LogP) is 9.26. The van der Waals surface area contributed by atoms with Gasteiger partial charge in [-0.3, -0.25) is 0 Å². The molecule has 3 aromatic rings. The fraction of sp³-hybridized carbons (Fsp3) is 0.355.